The summed E-state index contributed by atoms with van der Waals surface area (Å²) in [6, 6.07) is 12.4. The smallest absolute Gasteiger partial charge is 0.265 e. The molecule has 154 valence electrons. The fourth-order valence-corrected chi connectivity index (χ4v) is 3.32. The van der Waals surface area contributed by atoms with Crippen molar-refractivity contribution in [3.8, 4) is 5.75 Å². The average Bonchev–Trinajstić information content (AvgIpc) is 2.72. The van der Waals surface area contributed by atoms with Gasteiger partial charge in [-0.15, -0.1) is 0 Å². The first-order valence-corrected chi connectivity index (χ1v) is 9.80. The van der Waals surface area contributed by atoms with Crippen molar-refractivity contribution in [3.05, 3.63) is 59.4 Å². The number of guanidine groups is 1. The summed E-state index contributed by atoms with van der Waals surface area (Å²) < 4.78 is 18.7. The van der Waals surface area contributed by atoms with E-state index in [1.165, 1.54) is 6.07 Å². The van der Waals surface area contributed by atoms with Gasteiger partial charge < -0.3 is 20.3 Å². The van der Waals surface area contributed by atoms with Crippen molar-refractivity contribution in [2.75, 3.05) is 38.2 Å². The van der Waals surface area contributed by atoms with E-state index in [0.29, 0.717) is 25.6 Å². The Morgan fingerprint density at radius 1 is 1.21 bits per heavy atom. The Morgan fingerprint density at radius 3 is 2.79 bits per heavy atom. The van der Waals surface area contributed by atoms with Crippen LogP contribution in [0.2, 0.25) is 0 Å². The van der Waals surface area contributed by atoms with Crippen molar-refractivity contribution in [2.45, 2.75) is 19.8 Å². The number of ether oxygens (including phenoxy) is 1. The lowest BCUT2D eigenvalue weighted by atomic mass is 10.1. The molecule has 7 heteroatoms. The highest BCUT2D eigenvalue weighted by Crippen LogP contribution is 2.31. The lowest BCUT2D eigenvalue weighted by Gasteiger charge is -2.29. The van der Waals surface area contributed by atoms with E-state index in [9.17, 15) is 9.18 Å². The molecule has 0 unspecified atom stereocenters. The first-order valence-electron chi connectivity index (χ1n) is 9.80. The summed E-state index contributed by atoms with van der Waals surface area (Å²) in [6.45, 7) is 3.98. The SMILES string of the molecule is CN=C(NCCCN1C(=O)COc2ccccc21)NCCc1ccc(F)cc1C. The van der Waals surface area contributed by atoms with Gasteiger partial charge in [0, 0.05) is 26.7 Å². The number of nitrogens with one attached hydrogen (secondary N) is 2. The van der Waals surface area contributed by atoms with E-state index in [1.807, 2.05) is 37.3 Å². The monoisotopic (exact) mass is 398 g/mol. The number of hydrogen-bond donors (Lipinski definition) is 2. The molecular weight excluding hydrogens is 371 g/mol. The molecule has 2 N–H and O–H groups in total. The zero-order valence-corrected chi connectivity index (χ0v) is 16.9. The van der Waals surface area contributed by atoms with Gasteiger partial charge in [0.25, 0.3) is 5.91 Å². The van der Waals surface area contributed by atoms with E-state index in [0.717, 1.165) is 35.4 Å². The van der Waals surface area contributed by atoms with Gasteiger partial charge in [0.2, 0.25) is 0 Å². The molecule has 0 radical (unpaired) electrons. The van der Waals surface area contributed by atoms with Crippen molar-refractivity contribution >= 4 is 17.6 Å². The number of fused-ring (bicyclic) bond motifs is 1. The van der Waals surface area contributed by atoms with Crippen LogP contribution < -0.4 is 20.3 Å². The van der Waals surface area contributed by atoms with Gasteiger partial charge in [-0.1, -0.05) is 18.2 Å². The van der Waals surface area contributed by atoms with Gasteiger partial charge in [0.05, 0.1) is 5.69 Å². The number of hydrogen-bond acceptors (Lipinski definition) is 3. The molecule has 0 fully saturated rings. The predicted octanol–water partition coefficient (Wildman–Crippen LogP) is 2.66. The molecule has 1 aliphatic rings. The number of nitrogens with zero attached hydrogens (tertiary/aromatic N) is 2. The van der Waals surface area contributed by atoms with Crippen LogP contribution in [0, 0.1) is 12.7 Å². The quantitative estimate of drug-likeness (QED) is 0.428. The van der Waals surface area contributed by atoms with Gasteiger partial charge in [-0.3, -0.25) is 9.79 Å². The van der Waals surface area contributed by atoms with Crippen molar-refractivity contribution in [3.63, 3.8) is 0 Å². The number of para-hydroxylation sites is 2. The standard InChI is InChI=1S/C22H27FN4O2/c1-16-14-18(23)9-8-17(16)10-12-26-22(24-2)25-11-5-13-27-19-6-3-4-7-20(19)29-15-21(27)28/h3-4,6-9,14H,5,10-13,15H2,1-2H3,(H2,24,25,26). The van der Waals surface area contributed by atoms with E-state index in [-0.39, 0.29) is 18.3 Å². The van der Waals surface area contributed by atoms with Gasteiger partial charge in [-0.05, 0) is 55.2 Å². The molecule has 2 aromatic carbocycles. The number of rotatable bonds is 7. The molecule has 0 bridgehead atoms. The van der Waals surface area contributed by atoms with Crippen LogP contribution in [0.15, 0.2) is 47.5 Å². The third-order valence-electron chi connectivity index (χ3n) is 4.87. The van der Waals surface area contributed by atoms with Crippen LogP contribution in [0.5, 0.6) is 5.75 Å². The van der Waals surface area contributed by atoms with Crippen LogP contribution in [-0.4, -0.2) is 45.2 Å². The second-order valence-electron chi connectivity index (χ2n) is 6.90. The summed E-state index contributed by atoms with van der Waals surface area (Å²) in [7, 11) is 1.72. The minimum atomic E-state index is -0.210. The summed E-state index contributed by atoms with van der Waals surface area (Å²) in [5, 5.41) is 6.53. The van der Waals surface area contributed by atoms with Gasteiger partial charge >= 0.3 is 0 Å². The fourth-order valence-electron chi connectivity index (χ4n) is 3.32. The Morgan fingerprint density at radius 2 is 2.00 bits per heavy atom. The van der Waals surface area contributed by atoms with Gasteiger partial charge in [0.1, 0.15) is 11.6 Å². The van der Waals surface area contributed by atoms with E-state index in [1.54, 1.807) is 18.0 Å². The molecule has 0 spiro atoms. The molecule has 0 atom stereocenters. The Hall–Kier alpha value is -3.09. The molecule has 0 aliphatic carbocycles. The first kappa shape index (κ1) is 20.6. The maximum absolute atomic E-state index is 13.2. The van der Waals surface area contributed by atoms with Crippen molar-refractivity contribution in [1.29, 1.82) is 0 Å². The largest absolute Gasteiger partial charge is 0.482 e. The molecule has 1 heterocycles. The number of carbonyl (C=O) groups excluding carboxylic acids is 1. The van der Waals surface area contributed by atoms with Crippen LogP contribution >= 0.6 is 0 Å². The fraction of sp³-hybridized carbons (Fsp3) is 0.364. The zero-order valence-electron chi connectivity index (χ0n) is 16.9. The zero-order chi connectivity index (χ0) is 20.6. The van der Waals surface area contributed by atoms with E-state index < -0.39 is 0 Å². The number of benzene rings is 2. The Labute approximate surface area is 170 Å². The second-order valence-corrected chi connectivity index (χ2v) is 6.90. The minimum Gasteiger partial charge on any atom is -0.482 e. The van der Waals surface area contributed by atoms with Crippen LogP contribution in [0.4, 0.5) is 10.1 Å². The highest BCUT2D eigenvalue weighted by molar-refractivity contribution is 5.97. The molecule has 2 aromatic rings. The molecule has 0 saturated heterocycles. The van der Waals surface area contributed by atoms with Crippen molar-refractivity contribution < 1.29 is 13.9 Å². The average molecular weight is 398 g/mol. The lowest BCUT2D eigenvalue weighted by molar-refractivity contribution is -0.121. The Kier molecular flexibility index (Phi) is 7.05. The predicted molar refractivity (Wildman–Crippen MR) is 113 cm³/mol. The molecule has 6 nitrogen and oxygen atoms in total. The van der Waals surface area contributed by atoms with Crippen LogP contribution in [0.25, 0.3) is 0 Å². The maximum atomic E-state index is 13.2. The molecule has 1 aliphatic heterocycles. The lowest BCUT2D eigenvalue weighted by Crippen LogP contribution is -2.42. The maximum Gasteiger partial charge on any atom is 0.265 e. The van der Waals surface area contributed by atoms with Gasteiger partial charge in [-0.25, -0.2) is 4.39 Å². The summed E-state index contributed by atoms with van der Waals surface area (Å²) in [5.74, 6) is 1.21. The topological polar surface area (TPSA) is 66.0 Å². The molecule has 3 rings (SSSR count). The number of aryl methyl sites for hydroxylation is 1. The number of carbonyl (C=O) groups is 1. The number of aliphatic imine (C=N–C) groups is 1. The van der Waals surface area contributed by atoms with E-state index in [2.05, 4.69) is 15.6 Å². The van der Waals surface area contributed by atoms with Crippen molar-refractivity contribution in [1.82, 2.24) is 10.6 Å². The van der Waals surface area contributed by atoms with Crippen LogP contribution in [0.3, 0.4) is 0 Å². The van der Waals surface area contributed by atoms with Crippen LogP contribution in [-0.2, 0) is 11.2 Å². The number of anilines is 1. The molecular formula is C22H27FN4O2. The highest BCUT2D eigenvalue weighted by Gasteiger charge is 2.24. The number of amides is 1. The van der Waals surface area contributed by atoms with E-state index >= 15 is 0 Å². The molecule has 29 heavy (non-hydrogen) atoms. The van der Waals surface area contributed by atoms with E-state index in [4.69, 9.17) is 4.74 Å². The van der Waals surface area contributed by atoms with Crippen LogP contribution in [0.1, 0.15) is 17.5 Å². The Bertz CT molecular complexity index is 885. The summed E-state index contributed by atoms with van der Waals surface area (Å²) in [5.41, 5.74) is 2.88. The molecule has 0 aromatic heterocycles. The first-order chi connectivity index (χ1) is 14.1. The normalized spacial score (nSPS) is 13.7. The summed E-state index contributed by atoms with van der Waals surface area (Å²) >= 11 is 0. The molecule has 1 amide bonds. The number of halogens is 1. The van der Waals surface area contributed by atoms with Crippen molar-refractivity contribution in [2.24, 2.45) is 4.99 Å². The molecule has 0 saturated carbocycles. The minimum absolute atomic E-state index is 0.0270. The third-order valence-corrected chi connectivity index (χ3v) is 4.87. The third kappa shape index (κ3) is 5.47. The Balaban J connectivity index is 1.42. The van der Waals surface area contributed by atoms with Gasteiger partial charge in [0.15, 0.2) is 12.6 Å². The second kappa shape index (κ2) is 9.91. The summed E-state index contributed by atoms with van der Waals surface area (Å²) in [6.07, 6.45) is 1.56. The highest BCUT2D eigenvalue weighted by atomic mass is 19.1. The van der Waals surface area contributed by atoms with Gasteiger partial charge in [-0.2, -0.15) is 0 Å². The summed E-state index contributed by atoms with van der Waals surface area (Å²) in [4.78, 5) is 18.2.